The average molecular weight is 541 g/mol. The van der Waals surface area contributed by atoms with Crippen LogP contribution in [-0.4, -0.2) is 19.2 Å². The van der Waals surface area contributed by atoms with Crippen LogP contribution in [0.3, 0.4) is 0 Å². The highest BCUT2D eigenvalue weighted by atomic mass is 16.5. The van der Waals surface area contributed by atoms with Gasteiger partial charge in [0.25, 0.3) is 0 Å². The lowest BCUT2D eigenvalue weighted by atomic mass is 9.75. The molecule has 0 N–H and O–H groups in total. The fourth-order valence-corrected chi connectivity index (χ4v) is 7.20. The van der Waals surface area contributed by atoms with Crippen molar-refractivity contribution in [3.05, 3.63) is 90.5 Å². The number of rotatable bonds is 4. The molecule has 3 heteroatoms. The SMILES string of the molecule is COc1ccc2c(ccc3ccc4ccc5ccc6ccc(C(=O)O[C@@H]7C[C@H](C)CC[C@H]7C(C)C)cc6c5c4c32)c1. The van der Waals surface area contributed by atoms with Gasteiger partial charge in [-0.1, -0.05) is 87.9 Å². The van der Waals surface area contributed by atoms with Crippen LogP contribution < -0.4 is 4.74 Å². The zero-order valence-corrected chi connectivity index (χ0v) is 24.2. The van der Waals surface area contributed by atoms with E-state index in [-0.39, 0.29) is 12.1 Å². The summed E-state index contributed by atoms with van der Waals surface area (Å²) in [7, 11) is 1.71. The van der Waals surface area contributed by atoms with Crippen LogP contribution in [0, 0.1) is 17.8 Å². The van der Waals surface area contributed by atoms with Crippen LogP contribution in [0.15, 0.2) is 84.9 Å². The van der Waals surface area contributed by atoms with Gasteiger partial charge in [0, 0.05) is 0 Å². The van der Waals surface area contributed by atoms with Crippen molar-refractivity contribution < 1.29 is 14.3 Å². The molecule has 1 aliphatic carbocycles. The summed E-state index contributed by atoms with van der Waals surface area (Å²) in [5, 5.41) is 11.7. The predicted octanol–water partition coefficient (Wildman–Crippen LogP) is 10.1. The van der Waals surface area contributed by atoms with Crippen molar-refractivity contribution in [2.45, 2.75) is 46.1 Å². The summed E-state index contributed by atoms with van der Waals surface area (Å²) in [6.45, 7) is 6.77. The fraction of sp³-hybridized carbons (Fsp3) is 0.289. The molecule has 3 atom stereocenters. The summed E-state index contributed by atoms with van der Waals surface area (Å²) < 4.78 is 11.8. The van der Waals surface area contributed by atoms with Gasteiger partial charge < -0.3 is 9.47 Å². The van der Waals surface area contributed by atoms with Crippen LogP contribution in [0.5, 0.6) is 5.75 Å². The van der Waals surface area contributed by atoms with Crippen LogP contribution in [0.4, 0.5) is 0 Å². The Balaban J connectivity index is 1.44. The van der Waals surface area contributed by atoms with Crippen LogP contribution >= 0.6 is 0 Å². The third-order valence-corrected chi connectivity index (χ3v) is 9.44. The molecule has 7 rings (SSSR count). The van der Waals surface area contributed by atoms with Crippen LogP contribution in [-0.2, 0) is 4.74 Å². The summed E-state index contributed by atoms with van der Waals surface area (Å²) in [5.41, 5.74) is 0.623. The first-order chi connectivity index (χ1) is 19.9. The fourth-order valence-electron chi connectivity index (χ4n) is 7.20. The number of carbonyl (C=O) groups excluding carboxylic acids is 1. The first kappa shape index (κ1) is 25.8. The third-order valence-electron chi connectivity index (χ3n) is 9.44. The molecule has 0 radical (unpaired) electrons. The van der Waals surface area contributed by atoms with E-state index < -0.39 is 0 Å². The zero-order chi connectivity index (χ0) is 28.2. The Hall–Kier alpha value is -4.11. The highest BCUT2D eigenvalue weighted by molar-refractivity contribution is 6.32. The van der Waals surface area contributed by atoms with Crippen molar-refractivity contribution in [3.63, 3.8) is 0 Å². The van der Waals surface area contributed by atoms with Crippen LogP contribution in [0.1, 0.15) is 50.4 Å². The molecule has 0 heterocycles. The Labute approximate surface area is 241 Å². The quantitative estimate of drug-likeness (QED) is 0.165. The maximum Gasteiger partial charge on any atom is 0.338 e. The second-order valence-electron chi connectivity index (χ2n) is 12.3. The molecule has 0 spiro atoms. The summed E-state index contributed by atoms with van der Waals surface area (Å²) in [5.74, 6) is 2.13. The van der Waals surface area contributed by atoms with Gasteiger partial charge in [-0.25, -0.2) is 4.79 Å². The molecule has 1 fully saturated rings. The maximum absolute atomic E-state index is 13.6. The molecule has 0 unspecified atom stereocenters. The topological polar surface area (TPSA) is 35.5 Å². The lowest BCUT2D eigenvalue weighted by Gasteiger charge is -2.36. The third kappa shape index (κ3) is 4.39. The van der Waals surface area contributed by atoms with Gasteiger partial charge in [0.1, 0.15) is 11.9 Å². The predicted molar refractivity (Wildman–Crippen MR) is 171 cm³/mol. The summed E-state index contributed by atoms with van der Waals surface area (Å²) in [6, 6.07) is 29.9. The highest BCUT2D eigenvalue weighted by Crippen LogP contribution is 2.41. The van der Waals surface area contributed by atoms with E-state index in [9.17, 15) is 4.79 Å². The van der Waals surface area contributed by atoms with E-state index in [1.165, 1.54) is 38.7 Å². The molecular formula is C38H36O3. The van der Waals surface area contributed by atoms with Gasteiger partial charge in [0.15, 0.2) is 0 Å². The van der Waals surface area contributed by atoms with E-state index in [2.05, 4.69) is 93.6 Å². The first-order valence-corrected chi connectivity index (χ1v) is 14.9. The van der Waals surface area contributed by atoms with E-state index in [1.54, 1.807) is 7.11 Å². The van der Waals surface area contributed by atoms with Gasteiger partial charge in [0.05, 0.1) is 12.7 Å². The van der Waals surface area contributed by atoms with E-state index >= 15 is 0 Å². The molecule has 0 bridgehead atoms. The van der Waals surface area contributed by atoms with Crippen molar-refractivity contribution in [1.82, 2.24) is 0 Å². The second-order valence-corrected chi connectivity index (χ2v) is 12.3. The van der Waals surface area contributed by atoms with Crippen LogP contribution in [0.2, 0.25) is 0 Å². The molecule has 1 aliphatic rings. The van der Waals surface area contributed by atoms with E-state index in [4.69, 9.17) is 9.47 Å². The summed E-state index contributed by atoms with van der Waals surface area (Å²) in [4.78, 5) is 13.6. The normalized spacial score (nSPS) is 19.5. The minimum Gasteiger partial charge on any atom is -0.497 e. The summed E-state index contributed by atoms with van der Waals surface area (Å²) >= 11 is 0. The van der Waals surface area contributed by atoms with Gasteiger partial charge in [-0.2, -0.15) is 0 Å². The first-order valence-electron chi connectivity index (χ1n) is 14.9. The zero-order valence-electron chi connectivity index (χ0n) is 24.2. The number of fused-ring (bicyclic) bond motifs is 9. The number of methoxy groups -OCH3 is 1. The van der Waals surface area contributed by atoms with Crippen molar-refractivity contribution >= 4 is 59.8 Å². The monoisotopic (exact) mass is 540 g/mol. The number of hydrogen-bond acceptors (Lipinski definition) is 3. The van der Waals surface area contributed by atoms with E-state index in [1.807, 2.05) is 12.1 Å². The van der Waals surface area contributed by atoms with Gasteiger partial charge in [-0.15, -0.1) is 0 Å². The molecule has 1 saturated carbocycles. The molecule has 206 valence electrons. The Kier molecular flexibility index (Phi) is 6.34. The molecule has 41 heavy (non-hydrogen) atoms. The number of ether oxygens (including phenoxy) is 2. The van der Waals surface area contributed by atoms with Crippen molar-refractivity contribution in [2.75, 3.05) is 7.11 Å². The highest BCUT2D eigenvalue weighted by Gasteiger charge is 2.33. The molecule has 6 aromatic carbocycles. The average Bonchev–Trinajstić information content (AvgIpc) is 2.99. The molecule has 6 aromatic rings. The van der Waals surface area contributed by atoms with Crippen molar-refractivity contribution in [3.8, 4) is 5.75 Å². The largest absolute Gasteiger partial charge is 0.497 e. The molecule has 0 amide bonds. The molecule has 0 saturated heterocycles. The number of esters is 1. The standard InChI is InChI=1S/C38H36O3/c1-22(2)31-17-5-23(3)19-34(31)41-38(39)29-15-7-24-6-8-26-10-12-27-11-9-25-13-14-28-20-30(40-4)16-18-32(28)35(25)37(27)36(26)33(24)21-29/h6-16,18,20-23,31,34H,5,17,19H2,1-4H3/t23-,31+,34-/m1/s1. The van der Waals surface area contributed by atoms with Crippen molar-refractivity contribution in [1.29, 1.82) is 0 Å². The number of hydrogen-bond donors (Lipinski definition) is 0. The minimum atomic E-state index is -0.212. The van der Waals surface area contributed by atoms with Gasteiger partial charge in [-0.05, 0) is 109 Å². The van der Waals surface area contributed by atoms with E-state index in [0.29, 0.717) is 23.3 Å². The van der Waals surface area contributed by atoms with Crippen LogP contribution in [0.25, 0.3) is 53.9 Å². The smallest absolute Gasteiger partial charge is 0.338 e. The Morgan fingerprint density at radius 3 is 2.00 bits per heavy atom. The van der Waals surface area contributed by atoms with Crippen molar-refractivity contribution in [2.24, 2.45) is 17.8 Å². The maximum atomic E-state index is 13.6. The van der Waals surface area contributed by atoms with Gasteiger partial charge >= 0.3 is 5.97 Å². The lowest BCUT2D eigenvalue weighted by molar-refractivity contribution is -0.0173. The lowest BCUT2D eigenvalue weighted by Crippen LogP contribution is -2.35. The molecule has 0 aliphatic heterocycles. The van der Waals surface area contributed by atoms with E-state index in [0.717, 1.165) is 40.1 Å². The Morgan fingerprint density at radius 1 is 0.707 bits per heavy atom. The molecule has 3 nitrogen and oxygen atoms in total. The number of carbonyl (C=O) groups is 1. The second kappa shape index (κ2) is 10.1. The molecular weight excluding hydrogens is 504 g/mol. The molecule has 0 aromatic heterocycles. The number of benzene rings is 6. The summed E-state index contributed by atoms with van der Waals surface area (Å²) in [6.07, 6.45) is 3.25. The Morgan fingerprint density at radius 2 is 1.32 bits per heavy atom. The van der Waals surface area contributed by atoms with Gasteiger partial charge in [-0.3, -0.25) is 0 Å². The Bertz CT molecular complexity index is 1960. The minimum absolute atomic E-state index is 0.0254. The van der Waals surface area contributed by atoms with Gasteiger partial charge in [0.2, 0.25) is 0 Å².